The number of hydrogen-bond donors (Lipinski definition) is 1. The normalized spacial score (nSPS) is 11.8. The first kappa shape index (κ1) is 14.6. The van der Waals surface area contributed by atoms with Gasteiger partial charge in [-0.15, -0.1) is 0 Å². The summed E-state index contributed by atoms with van der Waals surface area (Å²) in [4.78, 5) is 4.55. The molecule has 1 aromatic heterocycles. The van der Waals surface area contributed by atoms with Crippen molar-refractivity contribution in [3.8, 4) is 0 Å². The van der Waals surface area contributed by atoms with Gasteiger partial charge in [-0.25, -0.2) is 0 Å². The Morgan fingerprint density at radius 2 is 1.80 bits per heavy atom. The van der Waals surface area contributed by atoms with Crippen molar-refractivity contribution < 1.29 is 4.52 Å². The van der Waals surface area contributed by atoms with Gasteiger partial charge in [-0.2, -0.15) is 4.98 Å². The highest BCUT2D eigenvalue weighted by atomic mass is 16.5. The van der Waals surface area contributed by atoms with Crippen LogP contribution in [0.25, 0.3) is 0 Å². The second kappa shape index (κ2) is 6.07. The van der Waals surface area contributed by atoms with E-state index in [9.17, 15) is 0 Å². The first-order valence-corrected chi connectivity index (χ1v) is 7.28. The predicted molar refractivity (Wildman–Crippen MR) is 80.9 cm³/mol. The molecule has 0 bridgehead atoms. The molecule has 0 radical (unpaired) electrons. The minimum atomic E-state index is -0.179. The third kappa shape index (κ3) is 2.69. The second-order valence-electron chi connectivity index (χ2n) is 5.38. The average molecular weight is 273 g/mol. The largest absolute Gasteiger partial charge is 0.336 e. The lowest BCUT2D eigenvalue weighted by atomic mass is 9.75. The van der Waals surface area contributed by atoms with Crippen molar-refractivity contribution in [1.29, 1.82) is 0 Å². The van der Waals surface area contributed by atoms with Crippen LogP contribution in [0.15, 0.2) is 34.9 Å². The van der Waals surface area contributed by atoms with Crippen LogP contribution >= 0.6 is 0 Å². The van der Waals surface area contributed by atoms with Crippen LogP contribution in [0.4, 0.5) is 6.01 Å². The van der Waals surface area contributed by atoms with Gasteiger partial charge in [0.05, 0.1) is 5.41 Å². The smallest absolute Gasteiger partial charge is 0.321 e. The molecule has 0 aliphatic rings. The zero-order valence-electron chi connectivity index (χ0n) is 12.7. The molecule has 0 fully saturated rings. The lowest BCUT2D eigenvalue weighted by molar-refractivity contribution is 0.381. The number of nitrogens with zero attached hydrogens (tertiary/aromatic N) is 2. The molecule has 1 N–H and O–H groups in total. The van der Waals surface area contributed by atoms with Gasteiger partial charge in [0.15, 0.2) is 5.82 Å². The summed E-state index contributed by atoms with van der Waals surface area (Å²) in [5.41, 5.74) is 1.06. The molecule has 0 aliphatic carbocycles. The summed E-state index contributed by atoms with van der Waals surface area (Å²) in [6.07, 6.45) is 1.88. The van der Waals surface area contributed by atoms with E-state index in [1.54, 1.807) is 0 Å². The summed E-state index contributed by atoms with van der Waals surface area (Å²) < 4.78 is 5.33. The lowest BCUT2D eigenvalue weighted by Gasteiger charge is -2.28. The van der Waals surface area contributed by atoms with E-state index in [-0.39, 0.29) is 11.5 Å². The first-order chi connectivity index (χ1) is 9.62. The van der Waals surface area contributed by atoms with Gasteiger partial charge in [-0.1, -0.05) is 49.3 Å². The van der Waals surface area contributed by atoms with Gasteiger partial charge in [0.2, 0.25) is 0 Å². The zero-order chi connectivity index (χ0) is 14.6. The molecule has 2 rings (SSSR count). The minimum Gasteiger partial charge on any atom is -0.336 e. The molecule has 4 nitrogen and oxygen atoms in total. The number of benzene rings is 1. The Morgan fingerprint density at radius 1 is 1.15 bits per heavy atom. The molecule has 0 saturated heterocycles. The van der Waals surface area contributed by atoms with Gasteiger partial charge in [-0.05, 0) is 32.3 Å². The Labute approximate surface area is 120 Å². The molecule has 108 valence electrons. The number of anilines is 1. The monoisotopic (exact) mass is 273 g/mol. The van der Waals surface area contributed by atoms with Crippen LogP contribution in [0.1, 0.15) is 51.9 Å². The quantitative estimate of drug-likeness (QED) is 0.864. The van der Waals surface area contributed by atoms with E-state index in [1.807, 2.05) is 19.9 Å². The van der Waals surface area contributed by atoms with Crippen molar-refractivity contribution >= 4 is 6.01 Å². The Kier molecular flexibility index (Phi) is 4.42. The molecule has 0 saturated carbocycles. The first-order valence-electron chi connectivity index (χ1n) is 7.28. The van der Waals surface area contributed by atoms with E-state index in [0.29, 0.717) is 6.01 Å². The molecule has 0 unspecified atom stereocenters. The fraction of sp³-hybridized carbons (Fsp3) is 0.500. The van der Waals surface area contributed by atoms with Crippen molar-refractivity contribution in [2.24, 2.45) is 0 Å². The summed E-state index contributed by atoms with van der Waals surface area (Å²) in [5.74, 6) is 0.761. The molecule has 2 aromatic rings. The molecule has 0 amide bonds. The van der Waals surface area contributed by atoms with Gasteiger partial charge < -0.3 is 9.84 Å². The number of aromatic nitrogens is 2. The molecule has 0 spiro atoms. The molecule has 4 heteroatoms. The van der Waals surface area contributed by atoms with E-state index in [1.165, 1.54) is 5.56 Å². The van der Waals surface area contributed by atoms with Crippen LogP contribution in [-0.2, 0) is 5.41 Å². The van der Waals surface area contributed by atoms with Crippen LogP contribution < -0.4 is 5.32 Å². The minimum absolute atomic E-state index is 0.179. The van der Waals surface area contributed by atoms with E-state index in [4.69, 9.17) is 4.52 Å². The summed E-state index contributed by atoms with van der Waals surface area (Å²) in [7, 11) is 0. The van der Waals surface area contributed by atoms with Crippen LogP contribution in [0, 0.1) is 0 Å². The van der Waals surface area contributed by atoms with Crippen LogP contribution in [-0.4, -0.2) is 16.2 Å². The Balaban J connectivity index is 2.40. The standard InChI is InChI=1S/C16H23N3O/c1-5-16(6-2,13-10-8-7-9-11-13)14-18-15(20-19-14)17-12(3)4/h7-12H,5-6H2,1-4H3,(H,17,18,19). The SMILES string of the molecule is CCC(CC)(c1ccccc1)c1noc(NC(C)C)n1. The van der Waals surface area contributed by atoms with Gasteiger partial charge in [0, 0.05) is 6.04 Å². The molecular weight excluding hydrogens is 250 g/mol. The van der Waals surface area contributed by atoms with Gasteiger partial charge in [0.1, 0.15) is 0 Å². The molecule has 1 aromatic carbocycles. The van der Waals surface area contributed by atoms with Crippen molar-refractivity contribution in [3.63, 3.8) is 0 Å². The highest BCUT2D eigenvalue weighted by Crippen LogP contribution is 2.37. The number of hydrogen-bond acceptors (Lipinski definition) is 4. The molecule has 0 atom stereocenters. The van der Waals surface area contributed by atoms with Crippen molar-refractivity contribution in [1.82, 2.24) is 10.1 Å². The maximum atomic E-state index is 5.33. The van der Waals surface area contributed by atoms with Crippen LogP contribution in [0.3, 0.4) is 0 Å². The van der Waals surface area contributed by atoms with Gasteiger partial charge in [0.25, 0.3) is 0 Å². The topological polar surface area (TPSA) is 51.0 Å². The van der Waals surface area contributed by atoms with Gasteiger partial charge in [-0.3, -0.25) is 0 Å². The van der Waals surface area contributed by atoms with E-state index >= 15 is 0 Å². The number of rotatable bonds is 6. The summed E-state index contributed by atoms with van der Waals surface area (Å²) in [6, 6.07) is 11.2. The molecule has 0 aliphatic heterocycles. The Hall–Kier alpha value is -1.84. The third-order valence-electron chi connectivity index (χ3n) is 3.80. The fourth-order valence-corrected chi connectivity index (χ4v) is 2.58. The second-order valence-corrected chi connectivity index (χ2v) is 5.38. The number of nitrogens with one attached hydrogen (secondary N) is 1. The highest BCUT2D eigenvalue weighted by molar-refractivity contribution is 5.34. The predicted octanol–water partition coefficient (Wildman–Crippen LogP) is 4.00. The van der Waals surface area contributed by atoms with E-state index in [0.717, 1.165) is 18.7 Å². The summed E-state index contributed by atoms with van der Waals surface area (Å²) in [5, 5.41) is 7.37. The van der Waals surface area contributed by atoms with Gasteiger partial charge >= 0.3 is 6.01 Å². The molecule has 20 heavy (non-hydrogen) atoms. The van der Waals surface area contributed by atoms with E-state index < -0.39 is 0 Å². The van der Waals surface area contributed by atoms with Crippen molar-refractivity contribution in [3.05, 3.63) is 41.7 Å². The molecular formula is C16H23N3O. The van der Waals surface area contributed by atoms with Crippen LogP contribution in [0.5, 0.6) is 0 Å². The Bertz CT molecular complexity index is 530. The average Bonchev–Trinajstić information content (AvgIpc) is 2.90. The highest BCUT2D eigenvalue weighted by Gasteiger charge is 2.35. The third-order valence-corrected chi connectivity index (χ3v) is 3.80. The zero-order valence-corrected chi connectivity index (χ0v) is 12.7. The maximum Gasteiger partial charge on any atom is 0.321 e. The summed E-state index contributed by atoms with van der Waals surface area (Å²) >= 11 is 0. The summed E-state index contributed by atoms with van der Waals surface area (Å²) in [6.45, 7) is 8.44. The molecule has 1 heterocycles. The van der Waals surface area contributed by atoms with E-state index in [2.05, 4.69) is 53.6 Å². The lowest BCUT2D eigenvalue weighted by Crippen LogP contribution is -2.27. The Morgan fingerprint density at radius 3 is 2.35 bits per heavy atom. The van der Waals surface area contributed by atoms with Crippen molar-refractivity contribution in [2.45, 2.75) is 52.0 Å². The van der Waals surface area contributed by atoms with Crippen LogP contribution in [0.2, 0.25) is 0 Å². The maximum absolute atomic E-state index is 5.33. The van der Waals surface area contributed by atoms with Crippen molar-refractivity contribution in [2.75, 3.05) is 5.32 Å². The fourth-order valence-electron chi connectivity index (χ4n) is 2.58.